The highest BCUT2D eigenvalue weighted by Crippen LogP contribution is 2.25. The molecule has 0 radical (unpaired) electrons. The van der Waals surface area contributed by atoms with Crippen molar-refractivity contribution < 1.29 is 4.74 Å². The van der Waals surface area contributed by atoms with E-state index in [4.69, 9.17) is 16.3 Å². The number of rotatable bonds is 2. The molecule has 3 rings (SSSR count). The van der Waals surface area contributed by atoms with Crippen molar-refractivity contribution in [1.82, 2.24) is 19.9 Å². The van der Waals surface area contributed by atoms with Crippen LogP contribution in [-0.2, 0) is 0 Å². The van der Waals surface area contributed by atoms with E-state index in [1.54, 1.807) is 7.11 Å². The average Bonchev–Trinajstić information content (AvgIpc) is 2.84. The van der Waals surface area contributed by atoms with E-state index in [0.29, 0.717) is 22.1 Å². The third-order valence-corrected chi connectivity index (χ3v) is 2.87. The van der Waals surface area contributed by atoms with Gasteiger partial charge in [-0.2, -0.15) is 0 Å². The molecule has 0 aliphatic heterocycles. The predicted octanol–water partition coefficient (Wildman–Crippen LogP) is 2.68. The van der Waals surface area contributed by atoms with Gasteiger partial charge < -0.3 is 9.72 Å². The monoisotopic (exact) mass is 260 g/mol. The van der Waals surface area contributed by atoms with Crippen molar-refractivity contribution >= 4 is 22.8 Å². The molecule has 5 nitrogen and oxygen atoms in total. The molecule has 6 heteroatoms. The fourth-order valence-electron chi connectivity index (χ4n) is 1.71. The van der Waals surface area contributed by atoms with Crippen LogP contribution in [0.1, 0.15) is 0 Å². The molecule has 0 amide bonds. The number of aromatic amines is 1. The first-order valence-corrected chi connectivity index (χ1v) is 5.66. The van der Waals surface area contributed by atoms with E-state index in [0.717, 1.165) is 11.3 Å². The summed E-state index contributed by atoms with van der Waals surface area (Å²) in [5.74, 6) is 1.46. The molecule has 0 spiro atoms. The summed E-state index contributed by atoms with van der Waals surface area (Å²) in [7, 11) is 1.63. The summed E-state index contributed by atoms with van der Waals surface area (Å²) in [5.41, 5.74) is 2.09. The smallest absolute Gasteiger partial charge is 0.182 e. The van der Waals surface area contributed by atoms with Crippen molar-refractivity contribution in [1.29, 1.82) is 0 Å². The Morgan fingerprint density at radius 3 is 2.94 bits per heavy atom. The van der Waals surface area contributed by atoms with Crippen LogP contribution >= 0.6 is 11.6 Å². The number of methoxy groups -OCH3 is 1. The first-order chi connectivity index (χ1) is 8.78. The van der Waals surface area contributed by atoms with Crippen LogP contribution in [0.2, 0.25) is 5.15 Å². The first-order valence-electron chi connectivity index (χ1n) is 5.28. The van der Waals surface area contributed by atoms with Crippen LogP contribution in [0.5, 0.6) is 5.75 Å². The number of hydrogen-bond donors (Lipinski definition) is 1. The van der Waals surface area contributed by atoms with E-state index >= 15 is 0 Å². The van der Waals surface area contributed by atoms with Gasteiger partial charge in [-0.05, 0) is 12.1 Å². The Bertz CT molecular complexity index is 710. The second-order valence-electron chi connectivity index (χ2n) is 3.68. The maximum absolute atomic E-state index is 5.97. The number of fused-ring (bicyclic) bond motifs is 1. The van der Waals surface area contributed by atoms with Crippen LogP contribution < -0.4 is 4.74 Å². The Hall–Kier alpha value is -2.14. The summed E-state index contributed by atoms with van der Waals surface area (Å²) in [6.45, 7) is 0. The molecule has 2 aromatic heterocycles. The zero-order valence-corrected chi connectivity index (χ0v) is 10.3. The first kappa shape index (κ1) is 11.0. The van der Waals surface area contributed by atoms with Crippen LogP contribution in [0.25, 0.3) is 22.6 Å². The zero-order valence-electron chi connectivity index (χ0n) is 9.51. The normalized spacial score (nSPS) is 10.8. The number of aromatic nitrogens is 4. The number of benzene rings is 1. The lowest BCUT2D eigenvalue weighted by Crippen LogP contribution is -1.84. The summed E-state index contributed by atoms with van der Waals surface area (Å²) in [6.07, 6.45) is 1.39. The highest BCUT2D eigenvalue weighted by Gasteiger charge is 2.09. The van der Waals surface area contributed by atoms with Gasteiger partial charge in [0.15, 0.2) is 10.8 Å². The van der Waals surface area contributed by atoms with Crippen LogP contribution in [0.4, 0.5) is 0 Å². The molecule has 0 bridgehead atoms. The summed E-state index contributed by atoms with van der Waals surface area (Å²) >= 11 is 5.97. The van der Waals surface area contributed by atoms with E-state index < -0.39 is 0 Å². The summed E-state index contributed by atoms with van der Waals surface area (Å²) in [4.78, 5) is 15.4. The van der Waals surface area contributed by atoms with Crippen molar-refractivity contribution in [3.05, 3.63) is 35.7 Å². The second-order valence-corrected chi connectivity index (χ2v) is 4.04. The van der Waals surface area contributed by atoms with Gasteiger partial charge in [-0.25, -0.2) is 15.0 Å². The molecule has 0 saturated heterocycles. The van der Waals surface area contributed by atoms with Crippen molar-refractivity contribution in [2.24, 2.45) is 0 Å². The Labute approximate surface area is 108 Å². The molecule has 1 N–H and O–H groups in total. The highest BCUT2D eigenvalue weighted by molar-refractivity contribution is 6.33. The summed E-state index contributed by atoms with van der Waals surface area (Å²) < 4.78 is 5.18. The van der Waals surface area contributed by atoms with Gasteiger partial charge in [0.1, 0.15) is 23.4 Å². The van der Waals surface area contributed by atoms with E-state index in [1.807, 2.05) is 24.3 Å². The van der Waals surface area contributed by atoms with Gasteiger partial charge in [0.2, 0.25) is 0 Å². The molecule has 90 valence electrons. The average molecular weight is 261 g/mol. The maximum Gasteiger partial charge on any atom is 0.182 e. The molecule has 18 heavy (non-hydrogen) atoms. The Morgan fingerprint density at radius 1 is 1.28 bits per heavy atom. The molecule has 0 saturated carbocycles. The molecule has 3 aromatic rings. The van der Waals surface area contributed by atoms with E-state index in [1.165, 1.54) is 6.33 Å². The van der Waals surface area contributed by atoms with Crippen LogP contribution in [-0.4, -0.2) is 27.0 Å². The maximum atomic E-state index is 5.97. The molecule has 0 atom stereocenters. The Kier molecular flexibility index (Phi) is 2.60. The third kappa shape index (κ3) is 1.78. The zero-order chi connectivity index (χ0) is 12.5. The van der Waals surface area contributed by atoms with Crippen LogP contribution in [0.3, 0.4) is 0 Å². The minimum atomic E-state index is 0.363. The predicted molar refractivity (Wildman–Crippen MR) is 68.7 cm³/mol. The number of ether oxygens (including phenoxy) is 1. The molecule has 2 heterocycles. The van der Waals surface area contributed by atoms with Gasteiger partial charge in [-0.1, -0.05) is 23.7 Å². The quantitative estimate of drug-likeness (QED) is 0.720. The Morgan fingerprint density at radius 2 is 2.17 bits per heavy atom. The van der Waals surface area contributed by atoms with E-state index in [2.05, 4.69) is 19.9 Å². The largest absolute Gasteiger partial charge is 0.497 e. The van der Waals surface area contributed by atoms with Gasteiger partial charge >= 0.3 is 0 Å². The lowest BCUT2D eigenvalue weighted by atomic mass is 10.2. The van der Waals surface area contributed by atoms with E-state index in [9.17, 15) is 0 Å². The molecule has 0 unspecified atom stereocenters. The SMILES string of the molecule is COc1cccc(-c2nc3ncnc(Cl)c3[nH]2)c1. The number of nitrogens with one attached hydrogen (secondary N) is 1. The highest BCUT2D eigenvalue weighted by atomic mass is 35.5. The minimum Gasteiger partial charge on any atom is -0.497 e. The standard InChI is InChI=1S/C12H9ClN4O/c1-18-8-4-2-3-7(5-8)11-16-9-10(13)14-6-15-12(9)17-11/h2-6H,1H3,(H,14,15,16,17). The lowest BCUT2D eigenvalue weighted by Gasteiger charge is -2.01. The van der Waals surface area contributed by atoms with Gasteiger partial charge in [0.05, 0.1) is 7.11 Å². The van der Waals surface area contributed by atoms with Crippen molar-refractivity contribution in [3.8, 4) is 17.1 Å². The van der Waals surface area contributed by atoms with Crippen molar-refractivity contribution in [2.75, 3.05) is 7.11 Å². The van der Waals surface area contributed by atoms with Gasteiger partial charge in [0.25, 0.3) is 0 Å². The molecular weight excluding hydrogens is 252 g/mol. The topological polar surface area (TPSA) is 63.7 Å². The Balaban J connectivity index is 2.16. The molecular formula is C12H9ClN4O. The van der Waals surface area contributed by atoms with Gasteiger partial charge in [0, 0.05) is 5.56 Å². The summed E-state index contributed by atoms with van der Waals surface area (Å²) in [5, 5.41) is 0.363. The van der Waals surface area contributed by atoms with Crippen LogP contribution in [0, 0.1) is 0 Å². The number of imidazole rings is 1. The number of nitrogens with zero attached hydrogens (tertiary/aromatic N) is 3. The van der Waals surface area contributed by atoms with Crippen LogP contribution in [0.15, 0.2) is 30.6 Å². The summed E-state index contributed by atoms with van der Waals surface area (Å²) in [6, 6.07) is 7.59. The fourth-order valence-corrected chi connectivity index (χ4v) is 1.88. The number of halogens is 1. The minimum absolute atomic E-state index is 0.363. The third-order valence-electron chi connectivity index (χ3n) is 2.59. The lowest BCUT2D eigenvalue weighted by molar-refractivity contribution is 0.415. The van der Waals surface area contributed by atoms with Crippen molar-refractivity contribution in [2.45, 2.75) is 0 Å². The van der Waals surface area contributed by atoms with E-state index in [-0.39, 0.29) is 0 Å². The molecule has 0 fully saturated rings. The molecule has 0 aliphatic carbocycles. The molecule has 1 aromatic carbocycles. The van der Waals surface area contributed by atoms with Crippen molar-refractivity contribution in [3.63, 3.8) is 0 Å². The number of hydrogen-bond acceptors (Lipinski definition) is 4. The van der Waals surface area contributed by atoms with Gasteiger partial charge in [-0.3, -0.25) is 0 Å². The second kappa shape index (κ2) is 4.27. The van der Waals surface area contributed by atoms with Gasteiger partial charge in [-0.15, -0.1) is 0 Å². The fraction of sp³-hybridized carbons (Fsp3) is 0.0833. The number of H-pyrrole nitrogens is 1. The molecule has 0 aliphatic rings.